The van der Waals surface area contributed by atoms with Gasteiger partial charge in [0.05, 0.1) is 6.10 Å². The lowest BCUT2D eigenvalue weighted by Crippen LogP contribution is -2.31. The molecule has 3 N–H and O–H groups in total. The van der Waals surface area contributed by atoms with Crippen LogP contribution in [0.25, 0.3) is 11.1 Å². The molecule has 2 atom stereocenters. The maximum Gasteiger partial charge on any atom is 0.407 e. The number of halogens is 2. The molecule has 32 heavy (non-hydrogen) atoms. The highest BCUT2D eigenvalue weighted by molar-refractivity contribution is 5.79. The SMILES string of the molecule is O=C(NCCC(O)C(O)c1cccc(F)c1F)OCC1c2ccccc2-c2ccccc21. The summed E-state index contributed by atoms with van der Waals surface area (Å²) < 4.78 is 32.5. The van der Waals surface area contributed by atoms with Crippen molar-refractivity contribution in [1.82, 2.24) is 5.32 Å². The minimum Gasteiger partial charge on any atom is -0.449 e. The topological polar surface area (TPSA) is 78.8 Å². The van der Waals surface area contributed by atoms with Crippen LogP contribution >= 0.6 is 0 Å². The number of hydrogen-bond acceptors (Lipinski definition) is 4. The fraction of sp³-hybridized carbons (Fsp3) is 0.240. The van der Waals surface area contributed by atoms with E-state index >= 15 is 0 Å². The second kappa shape index (κ2) is 9.46. The highest BCUT2D eigenvalue weighted by Gasteiger charge is 2.29. The lowest BCUT2D eigenvalue weighted by atomic mass is 9.98. The van der Waals surface area contributed by atoms with Crippen LogP contribution in [0, 0.1) is 11.6 Å². The summed E-state index contributed by atoms with van der Waals surface area (Å²) in [5.41, 5.74) is 4.10. The first-order chi connectivity index (χ1) is 15.5. The standard InChI is InChI=1S/C25H23F2NO4/c26-21-11-5-10-19(23(21)27)24(30)22(29)12-13-28-25(31)32-14-20-17-8-3-1-6-15(17)16-7-2-4-9-18(16)20/h1-11,20,22,24,29-30H,12-14H2,(H,28,31). The number of hydrogen-bond donors (Lipinski definition) is 3. The van der Waals surface area contributed by atoms with Crippen LogP contribution in [-0.4, -0.2) is 35.6 Å². The van der Waals surface area contributed by atoms with Gasteiger partial charge in [0.25, 0.3) is 0 Å². The van der Waals surface area contributed by atoms with E-state index in [1.165, 1.54) is 12.1 Å². The number of carbonyl (C=O) groups excluding carboxylic acids is 1. The second-order valence-electron chi connectivity index (χ2n) is 7.70. The maximum atomic E-state index is 13.8. The Bertz CT molecular complexity index is 1080. The first-order valence-corrected chi connectivity index (χ1v) is 10.4. The zero-order chi connectivity index (χ0) is 22.7. The molecule has 1 amide bonds. The van der Waals surface area contributed by atoms with E-state index in [9.17, 15) is 23.8 Å². The van der Waals surface area contributed by atoms with E-state index in [-0.39, 0.29) is 31.1 Å². The third kappa shape index (κ3) is 4.35. The van der Waals surface area contributed by atoms with Gasteiger partial charge in [0.15, 0.2) is 11.6 Å². The molecule has 0 saturated heterocycles. The van der Waals surface area contributed by atoms with Crippen molar-refractivity contribution in [2.24, 2.45) is 0 Å². The first kappa shape index (κ1) is 21.9. The van der Waals surface area contributed by atoms with Crippen LogP contribution in [0.1, 0.15) is 35.1 Å². The van der Waals surface area contributed by atoms with Gasteiger partial charge in [-0.15, -0.1) is 0 Å². The average Bonchev–Trinajstić information content (AvgIpc) is 3.13. The van der Waals surface area contributed by atoms with Crippen molar-refractivity contribution in [3.8, 4) is 11.1 Å². The first-order valence-electron chi connectivity index (χ1n) is 10.4. The van der Waals surface area contributed by atoms with Gasteiger partial charge in [-0.2, -0.15) is 0 Å². The summed E-state index contributed by atoms with van der Waals surface area (Å²) in [5, 5.41) is 22.7. The van der Waals surface area contributed by atoms with Crippen LogP contribution < -0.4 is 5.32 Å². The number of aliphatic hydroxyl groups excluding tert-OH is 2. The molecule has 0 bridgehead atoms. The number of aliphatic hydroxyl groups is 2. The summed E-state index contributed by atoms with van der Waals surface area (Å²) in [6.45, 7) is 0.144. The highest BCUT2D eigenvalue weighted by atomic mass is 19.2. The number of amides is 1. The van der Waals surface area contributed by atoms with Crippen LogP contribution in [0.3, 0.4) is 0 Å². The summed E-state index contributed by atoms with van der Waals surface area (Å²) in [4.78, 5) is 12.2. The summed E-state index contributed by atoms with van der Waals surface area (Å²) in [7, 11) is 0. The van der Waals surface area contributed by atoms with Crippen molar-refractivity contribution in [3.05, 3.63) is 95.1 Å². The number of alkyl carbamates (subject to hydrolysis) is 1. The molecule has 1 aliphatic carbocycles. The summed E-state index contributed by atoms with van der Waals surface area (Å²) >= 11 is 0. The van der Waals surface area contributed by atoms with Crippen molar-refractivity contribution in [3.63, 3.8) is 0 Å². The van der Waals surface area contributed by atoms with Gasteiger partial charge < -0.3 is 20.3 Å². The molecule has 3 aromatic carbocycles. The van der Waals surface area contributed by atoms with Gasteiger partial charge >= 0.3 is 6.09 Å². The molecule has 0 radical (unpaired) electrons. The zero-order valence-corrected chi connectivity index (χ0v) is 17.2. The molecule has 1 aliphatic rings. The smallest absolute Gasteiger partial charge is 0.407 e. The van der Waals surface area contributed by atoms with E-state index in [0.717, 1.165) is 28.3 Å². The highest BCUT2D eigenvalue weighted by Crippen LogP contribution is 2.44. The van der Waals surface area contributed by atoms with Gasteiger partial charge in [-0.3, -0.25) is 0 Å². The molecule has 0 aliphatic heterocycles. The fourth-order valence-corrected chi connectivity index (χ4v) is 4.09. The Balaban J connectivity index is 1.29. The third-order valence-corrected chi connectivity index (χ3v) is 5.72. The number of nitrogens with one attached hydrogen (secondary N) is 1. The van der Waals surface area contributed by atoms with E-state index in [4.69, 9.17) is 4.74 Å². The number of fused-ring (bicyclic) bond motifs is 3. The van der Waals surface area contributed by atoms with Gasteiger partial charge in [0.1, 0.15) is 12.7 Å². The molecule has 0 aromatic heterocycles. The Kier molecular flexibility index (Phi) is 6.48. The molecule has 0 heterocycles. The van der Waals surface area contributed by atoms with Crippen LogP contribution in [0.5, 0.6) is 0 Å². The Hall–Kier alpha value is -3.29. The lowest BCUT2D eigenvalue weighted by Gasteiger charge is -2.19. The number of benzene rings is 3. The number of ether oxygens (including phenoxy) is 1. The van der Waals surface area contributed by atoms with E-state index in [0.29, 0.717) is 0 Å². The van der Waals surface area contributed by atoms with Gasteiger partial charge in [0, 0.05) is 18.0 Å². The lowest BCUT2D eigenvalue weighted by molar-refractivity contribution is 0.0113. The molecular formula is C25H23F2NO4. The largest absolute Gasteiger partial charge is 0.449 e. The van der Waals surface area contributed by atoms with Crippen molar-refractivity contribution in [1.29, 1.82) is 0 Å². The maximum absolute atomic E-state index is 13.8. The fourth-order valence-electron chi connectivity index (χ4n) is 4.09. The number of carbonyl (C=O) groups is 1. The molecule has 166 valence electrons. The average molecular weight is 439 g/mol. The Morgan fingerprint density at radius 1 is 0.938 bits per heavy atom. The summed E-state index contributed by atoms with van der Waals surface area (Å²) in [6.07, 6.45) is -3.73. The molecular weight excluding hydrogens is 416 g/mol. The molecule has 0 fully saturated rings. The molecule has 5 nitrogen and oxygen atoms in total. The minimum absolute atomic E-state index is 0.00810. The van der Waals surface area contributed by atoms with Crippen LogP contribution in [-0.2, 0) is 4.74 Å². The summed E-state index contributed by atoms with van der Waals surface area (Å²) in [5.74, 6) is -2.38. The third-order valence-electron chi connectivity index (χ3n) is 5.72. The van der Waals surface area contributed by atoms with E-state index in [1.807, 2.05) is 48.5 Å². The molecule has 3 aromatic rings. The van der Waals surface area contributed by atoms with Crippen molar-refractivity contribution >= 4 is 6.09 Å². The van der Waals surface area contributed by atoms with Crippen molar-refractivity contribution < 1.29 is 28.5 Å². The van der Waals surface area contributed by atoms with E-state index in [2.05, 4.69) is 5.32 Å². The van der Waals surface area contributed by atoms with Gasteiger partial charge in [-0.05, 0) is 34.7 Å². The van der Waals surface area contributed by atoms with Gasteiger partial charge in [0.2, 0.25) is 0 Å². The van der Waals surface area contributed by atoms with E-state index in [1.54, 1.807) is 0 Å². The van der Waals surface area contributed by atoms with Gasteiger partial charge in [-0.25, -0.2) is 13.6 Å². The Labute approximate surface area is 184 Å². The van der Waals surface area contributed by atoms with Crippen LogP contribution in [0.2, 0.25) is 0 Å². The molecule has 7 heteroatoms. The molecule has 0 saturated carbocycles. The van der Waals surface area contributed by atoms with Gasteiger partial charge in [-0.1, -0.05) is 60.7 Å². The van der Waals surface area contributed by atoms with E-state index < -0.39 is 29.9 Å². The van der Waals surface area contributed by atoms with Crippen molar-refractivity contribution in [2.75, 3.05) is 13.2 Å². The molecule has 0 spiro atoms. The van der Waals surface area contributed by atoms with Crippen LogP contribution in [0.4, 0.5) is 13.6 Å². The molecule has 2 unspecified atom stereocenters. The Morgan fingerprint density at radius 3 is 2.22 bits per heavy atom. The summed E-state index contributed by atoms with van der Waals surface area (Å²) in [6, 6.07) is 19.3. The zero-order valence-electron chi connectivity index (χ0n) is 17.2. The second-order valence-corrected chi connectivity index (χ2v) is 7.70. The predicted molar refractivity (Wildman–Crippen MR) is 115 cm³/mol. The van der Waals surface area contributed by atoms with Crippen molar-refractivity contribution in [2.45, 2.75) is 24.5 Å². The monoisotopic (exact) mass is 439 g/mol. The predicted octanol–water partition coefficient (Wildman–Crippen LogP) is 4.29. The number of rotatable bonds is 7. The quantitative estimate of drug-likeness (QED) is 0.513. The van der Waals surface area contributed by atoms with Crippen LogP contribution in [0.15, 0.2) is 66.7 Å². The molecule has 4 rings (SSSR count). The minimum atomic E-state index is -1.62. The Morgan fingerprint density at radius 2 is 1.56 bits per heavy atom. The normalized spacial score (nSPS) is 14.4.